The van der Waals surface area contributed by atoms with Crippen molar-refractivity contribution in [3.05, 3.63) is 42.1 Å². The van der Waals surface area contributed by atoms with E-state index in [1.54, 1.807) is 0 Å². The second kappa shape index (κ2) is 8.78. The molecule has 0 amide bonds. The van der Waals surface area contributed by atoms with Crippen molar-refractivity contribution >= 4 is 10.9 Å². The Balaban J connectivity index is 1.66. The predicted molar refractivity (Wildman–Crippen MR) is 91.4 cm³/mol. The van der Waals surface area contributed by atoms with Gasteiger partial charge in [0.15, 0.2) is 0 Å². The third kappa shape index (κ3) is 5.47. The van der Waals surface area contributed by atoms with Crippen LogP contribution < -0.4 is 5.32 Å². The minimum atomic E-state index is 0.850. The van der Waals surface area contributed by atoms with Gasteiger partial charge in [-0.2, -0.15) is 0 Å². The SMILES string of the molecule is CC(C)CCCCCCNCc1ccnc2ccccc12. The van der Waals surface area contributed by atoms with Crippen LogP contribution in [0.2, 0.25) is 0 Å². The first-order valence-corrected chi connectivity index (χ1v) is 8.30. The molecule has 0 saturated carbocycles. The van der Waals surface area contributed by atoms with E-state index in [-0.39, 0.29) is 0 Å². The fraction of sp³-hybridized carbons (Fsp3) is 0.526. The molecule has 1 aromatic carbocycles. The van der Waals surface area contributed by atoms with Crippen LogP contribution in [-0.2, 0) is 6.54 Å². The highest BCUT2D eigenvalue weighted by Crippen LogP contribution is 2.15. The van der Waals surface area contributed by atoms with Crippen molar-refractivity contribution in [2.75, 3.05) is 6.54 Å². The number of para-hydroxylation sites is 1. The molecular weight excluding hydrogens is 256 g/mol. The van der Waals surface area contributed by atoms with Crippen molar-refractivity contribution in [1.29, 1.82) is 0 Å². The number of hydrogen-bond acceptors (Lipinski definition) is 2. The Hall–Kier alpha value is -1.41. The maximum atomic E-state index is 4.41. The van der Waals surface area contributed by atoms with E-state index in [0.717, 1.165) is 24.5 Å². The van der Waals surface area contributed by atoms with E-state index in [4.69, 9.17) is 0 Å². The molecule has 0 atom stereocenters. The van der Waals surface area contributed by atoms with Crippen LogP contribution in [0.5, 0.6) is 0 Å². The number of hydrogen-bond donors (Lipinski definition) is 1. The van der Waals surface area contributed by atoms with Gasteiger partial charge in [-0.05, 0) is 36.6 Å². The highest BCUT2D eigenvalue weighted by Gasteiger charge is 2.00. The van der Waals surface area contributed by atoms with Crippen molar-refractivity contribution in [1.82, 2.24) is 10.3 Å². The van der Waals surface area contributed by atoms with E-state index in [1.165, 1.54) is 43.1 Å². The Morgan fingerprint density at radius 1 is 1.00 bits per heavy atom. The summed E-state index contributed by atoms with van der Waals surface area (Å²) < 4.78 is 0. The van der Waals surface area contributed by atoms with Gasteiger partial charge < -0.3 is 5.32 Å². The Bertz CT molecular complexity index is 529. The molecule has 0 saturated heterocycles. The lowest BCUT2D eigenvalue weighted by molar-refractivity contribution is 0.512. The van der Waals surface area contributed by atoms with Crippen molar-refractivity contribution in [3.63, 3.8) is 0 Å². The summed E-state index contributed by atoms with van der Waals surface area (Å²) in [6.07, 6.45) is 8.66. The normalized spacial score (nSPS) is 11.4. The molecule has 1 N–H and O–H groups in total. The second-order valence-electron chi connectivity index (χ2n) is 6.26. The molecule has 2 aromatic rings. The molecule has 21 heavy (non-hydrogen) atoms. The lowest BCUT2D eigenvalue weighted by Gasteiger charge is -2.08. The number of pyridine rings is 1. The van der Waals surface area contributed by atoms with Crippen molar-refractivity contribution in [2.45, 2.75) is 52.5 Å². The number of nitrogens with one attached hydrogen (secondary N) is 1. The topological polar surface area (TPSA) is 24.9 Å². The number of fused-ring (bicyclic) bond motifs is 1. The maximum absolute atomic E-state index is 4.41. The number of aromatic nitrogens is 1. The zero-order valence-corrected chi connectivity index (χ0v) is 13.4. The van der Waals surface area contributed by atoms with Gasteiger partial charge in [0.05, 0.1) is 5.52 Å². The summed E-state index contributed by atoms with van der Waals surface area (Å²) >= 11 is 0. The molecule has 0 aliphatic heterocycles. The van der Waals surface area contributed by atoms with Crippen LogP contribution >= 0.6 is 0 Å². The van der Waals surface area contributed by atoms with E-state index in [9.17, 15) is 0 Å². The van der Waals surface area contributed by atoms with E-state index >= 15 is 0 Å². The molecule has 2 heteroatoms. The Labute approximate surface area is 129 Å². The van der Waals surface area contributed by atoms with Gasteiger partial charge in [0.25, 0.3) is 0 Å². The first-order chi connectivity index (χ1) is 10.3. The first kappa shape index (κ1) is 16.0. The number of benzene rings is 1. The average Bonchev–Trinajstić information content (AvgIpc) is 2.50. The molecule has 2 rings (SSSR count). The quantitative estimate of drug-likeness (QED) is 0.660. The van der Waals surface area contributed by atoms with E-state index in [0.29, 0.717) is 0 Å². The molecular formula is C19H28N2. The molecule has 0 bridgehead atoms. The molecule has 1 aromatic heterocycles. The lowest BCUT2D eigenvalue weighted by Crippen LogP contribution is -2.15. The molecule has 0 unspecified atom stereocenters. The summed E-state index contributed by atoms with van der Waals surface area (Å²) in [6, 6.07) is 10.5. The van der Waals surface area contributed by atoms with Crippen LogP contribution in [0.25, 0.3) is 10.9 Å². The first-order valence-electron chi connectivity index (χ1n) is 8.30. The summed E-state index contributed by atoms with van der Waals surface area (Å²) in [6.45, 7) is 6.66. The number of unbranched alkanes of at least 4 members (excludes halogenated alkanes) is 3. The van der Waals surface area contributed by atoms with Gasteiger partial charge in [0.1, 0.15) is 0 Å². The van der Waals surface area contributed by atoms with Crippen LogP contribution in [0, 0.1) is 5.92 Å². The Morgan fingerprint density at radius 3 is 2.67 bits per heavy atom. The monoisotopic (exact) mass is 284 g/mol. The molecule has 0 aliphatic carbocycles. The van der Waals surface area contributed by atoms with Crippen LogP contribution in [0.3, 0.4) is 0 Å². The molecule has 1 heterocycles. The minimum Gasteiger partial charge on any atom is -0.313 e. The molecule has 2 nitrogen and oxygen atoms in total. The third-order valence-electron chi connectivity index (χ3n) is 3.94. The summed E-state index contributed by atoms with van der Waals surface area (Å²) in [7, 11) is 0. The Morgan fingerprint density at radius 2 is 1.81 bits per heavy atom. The summed E-state index contributed by atoms with van der Waals surface area (Å²) in [5.41, 5.74) is 2.44. The van der Waals surface area contributed by atoms with Crippen LogP contribution in [0.1, 0.15) is 51.5 Å². The van der Waals surface area contributed by atoms with Gasteiger partial charge in [-0.25, -0.2) is 0 Å². The lowest BCUT2D eigenvalue weighted by atomic mass is 10.0. The molecule has 0 spiro atoms. The van der Waals surface area contributed by atoms with Crippen LogP contribution in [0.15, 0.2) is 36.5 Å². The Kier molecular flexibility index (Phi) is 6.68. The molecule has 0 radical (unpaired) electrons. The molecule has 114 valence electrons. The standard InChI is InChI=1S/C19H28N2/c1-16(2)9-5-3-4-8-13-20-15-17-12-14-21-19-11-7-6-10-18(17)19/h6-7,10-12,14,16,20H,3-5,8-9,13,15H2,1-2H3. The summed E-state index contributed by atoms with van der Waals surface area (Å²) in [4.78, 5) is 4.41. The van der Waals surface area contributed by atoms with E-state index in [1.807, 2.05) is 12.3 Å². The van der Waals surface area contributed by atoms with E-state index < -0.39 is 0 Å². The molecule has 0 aliphatic rings. The second-order valence-corrected chi connectivity index (χ2v) is 6.26. The zero-order valence-electron chi connectivity index (χ0n) is 13.4. The highest BCUT2D eigenvalue weighted by molar-refractivity contribution is 5.81. The van der Waals surface area contributed by atoms with Crippen LogP contribution in [-0.4, -0.2) is 11.5 Å². The summed E-state index contributed by atoms with van der Waals surface area (Å²) in [5, 5.41) is 4.83. The largest absolute Gasteiger partial charge is 0.313 e. The number of nitrogens with zero attached hydrogens (tertiary/aromatic N) is 1. The van der Waals surface area contributed by atoms with Gasteiger partial charge in [-0.1, -0.05) is 57.7 Å². The fourth-order valence-electron chi connectivity index (χ4n) is 2.69. The van der Waals surface area contributed by atoms with Crippen molar-refractivity contribution in [3.8, 4) is 0 Å². The average molecular weight is 284 g/mol. The van der Waals surface area contributed by atoms with E-state index in [2.05, 4.69) is 48.4 Å². The number of rotatable bonds is 9. The molecule has 0 fully saturated rings. The van der Waals surface area contributed by atoms with Gasteiger partial charge in [-0.3, -0.25) is 4.98 Å². The zero-order chi connectivity index (χ0) is 14.9. The third-order valence-corrected chi connectivity index (χ3v) is 3.94. The fourth-order valence-corrected chi connectivity index (χ4v) is 2.69. The summed E-state index contributed by atoms with van der Waals surface area (Å²) in [5.74, 6) is 0.850. The van der Waals surface area contributed by atoms with Crippen molar-refractivity contribution in [2.24, 2.45) is 5.92 Å². The minimum absolute atomic E-state index is 0.850. The smallest absolute Gasteiger partial charge is 0.0705 e. The van der Waals surface area contributed by atoms with Gasteiger partial charge >= 0.3 is 0 Å². The van der Waals surface area contributed by atoms with Gasteiger partial charge in [-0.15, -0.1) is 0 Å². The van der Waals surface area contributed by atoms with Crippen molar-refractivity contribution < 1.29 is 0 Å². The van der Waals surface area contributed by atoms with Gasteiger partial charge in [0, 0.05) is 18.1 Å². The van der Waals surface area contributed by atoms with Crippen LogP contribution in [0.4, 0.5) is 0 Å². The maximum Gasteiger partial charge on any atom is 0.0705 e. The highest BCUT2D eigenvalue weighted by atomic mass is 14.8. The predicted octanol–water partition coefficient (Wildman–Crippen LogP) is 4.93. The van der Waals surface area contributed by atoms with Gasteiger partial charge in [0.2, 0.25) is 0 Å².